The Morgan fingerprint density at radius 2 is 2.00 bits per heavy atom. The lowest BCUT2D eigenvalue weighted by Gasteiger charge is -2.49. The Morgan fingerprint density at radius 1 is 1.26 bits per heavy atom. The molecule has 2 aromatic rings. The fourth-order valence-corrected chi connectivity index (χ4v) is 3.93. The maximum atomic E-state index is 13.2. The topological polar surface area (TPSA) is 91.6 Å². The van der Waals surface area contributed by atoms with Gasteiger partial charge in [0.05, 0.1) is 11.7 Å². The molecule has 2 saturated heterocycles. The lowest BCUT2D eigenvalue weighted by atomic mass is 9.67. The molecule has 0 radical (unpaired) electrons. The average Bonchev–Trinajstić information content (AvgIpc) is 3.13. The molecule has 0 bridgehead atoms. The highest BCUT2D eigenvalue weighted by atomic mass is 19.4. The van der Waals surface area contributed by atoms with E-state index in [2.05, 4.69) is 20.6 Å². The summed E-state index contributed by atoms with van der Waals surface area (Å²) in [5.74, 6) is -0.313. The molecule has 2 aromatic heterocycles. The number of nitrogens with zero attached hydrogens (tertiary/aromatic N) is 4. The van der Waals surface area contributed by atoms with Gasteiger partial charge in [0, 0.05) is 18.5 Å². The fraction of sp³-hybridized carbons (Fsp3) is 0.500. The number of amides is 3. The highest BCUT2D eigenvalue weighted by Crippen LogP contribution is 2.42. The maximum absolute atomic E-state index is 13.2. The lowest BCUT2D eigenvalue weighted by molar-refractivity contribution is -0.141. The standard InChI is InChI=1S/C16H17F3N6O2/c1-14(2)7-24(4-3-15(14)11(26)22-12(27)23-15)13-21-10(16(17,18)19)5-9-6-20-8-25(9)13/h5-6,8H,3-4,7H2,1-2H3,(H2,22,23,26,27). The zero-order valence-corrected chi connectivity index (χ0v) is 14.6. The second-order valence-electron chi connectivity index (χ2n) is 7.50. The molecule has 4 rings (SSSR count). The van der Waals surface area contributed by atoms with E-state index in [9.17, 15) is 22.8 Å². The molecule has 1 unspecified atom stereocenters. The van der Waals surface area contributed by atoms with Gasteiger partial charge in [-0.05, 0) is 12.5 Å². The van der Waals surface area contributed by atoms with Crippen LogP contribution in [0.1, 0.15) is 26.0 Å². The molecular weight excluding hydrogens is 365 g/mol. The van der Waals surface area contributed by atoms with Crippen molar-refractivity contribution in [1.29, 1.82) is 0 Å². The largest absolute Gasteiger partial charge is 0.433 e. The number of nitrogens with one attached hydrogen (secondary N) is 2. The van der Waals surface area contributed by atoms with Crippen LogP contribution in [0.5, 0.6) is 0 Å². The number of imide groups is 1. The van der Waals surface area contributed by atoms with E-state index in [4.69, 9.17) is 0 Å². The van der Waals surface area contributed by atoms with Crippen LogP contribution in [0.25, 0.3) is 5.52 Å². The Balaban J connectivity index is 1.75. The number of rotatable bonds is 1. The van der Waals surface area contributed by atoms with Crippen molar-refractivity contribution in [3.8, 4) is 0 Å². The number of hydrogen-bond acceptors (Lipinski definition) is 5. The monoisotopic (exact) mass is 382 g/mol. The van der Waals surface area contributed by atoms with Gasteiger partial charge in [-0.1, -0.05) is 13.8 Å². The van der Waals surface area contributed by atoms with Crippen molar-refractivity contribution < 1.29 is 22.8 Å². The first-order valence-corrected chi connectivity index (χ1v) is 8.32. The maximum Gasteiger partial charge on any atom is 0.433 e. The van der Waals surface area contributed by atoms with E-state index in [0.29, 0.717) is 0 Å². The molecule has 2 aliphatic rings. The van der Waals surface area contributed by atoms with Crippen molar-refractivity contribution in [1.82, 2.24) is 25.0 Å². The average molecular weight is 382 g/mol. The number of carbonyl (C=O) groups is 2. The Kier molecular flexibility index (Phi) is 3.47. The summed E-state index contributed by atoms with van der Waals surface area (Å²) < 4.78 is 41.2. The number of imidazole rings is 1. The SMILES string of the molecule is CC1(C)CN(c2nc(C(F)(F)F)cc3cncn23)CCC12NC(=O)NC2=O. The van der Waals surface area contributed by atoms with Crippen LogP contribution < -0.4 is 15.5 Å². The number of carbonyl (C=O) groups excluding carboxylic acids is 2. The number of aromatic nitrogens is 3. The van der Waals surface area contributed by atoms with Crippen molar-refractivity contribution in [3.63, 3.8) is 0 Å². The van der Waals surface area contributed by atoms with Gasteiger partial charge in [0.25, 0.3) is 5.91 Å². The van der Waals surface area contributed by atoms with Crippen molar-refractivity contribution in [3.05, 3.63) is 24.3 Å². The molecule has 2 fully saturated rings. The molecule has 4 heterocycles. The van der Waals surface area contributed by atoms with Crippen LogP contribution in [0.15, 0.2) is 18.6 Å². The van der Waals surface area contributed by atoms with E-state index >= 15 is 0 Å². The summed E-state index contributed by atoms with van der Waals surface area (Å²) in [6.07, 6.45) is -1.61. The number of piperidine rings is 1. The highest BCUT2D eigenvalue weighted by molar-refractivity contribution is 6.07. The van der Waals surface area contributed by atoms with Gasteiger partial charge in [-0.3, -0.25) is 14.5 Å². The predicted molar refractivity (Wildman–Crippen MR) is 88.0 cm³/mol. The van der Waals surface area contributed by atoms with Crippen LogP contribution in [0, 0.1) is 5.41 Å². The third-order valence-corrected chi connectivity index (χ3v) is 5.40. The number of alkyl halides is 3. The van der Waals surface area contributed by atoms with Crippen molar-refractivity contribution in [2.24, 2.45) is 5.41 Å². The van der Waals surface area contributed by atoms with E-state index in [0.717, 1.165) is 6.07 Å². The minimum absolute atomic E-state index is 0.102. The molecule has 0 saturated carbocycles. The number of anilines is 1. The Morgan fingerprint density at radius 3 is 2.59 bits per heavy atom. The molecule has 1 spiro atoms. The van der Waals surface area contributed by atoms with Gasteiger partial charge in [-0.25, -0.2) is 14.8 Å². The van der Waals surface area contributed by atoms with Crippen LogP contribution in [0.4, 0.5) is 23.9 Å². The second kappa shape index (κ2) is 5.33. The normalized spacial score (nSPS) is 25.1. The Labute approximate surface area is 151 Å². The quantitative estimate of drug-likeness (QED) is 0.731. The summed E-state index contributed by atoms with van der Waals surface area (Å²) in [6.45, 7) is 4.06. The molecule has 8 nitrogen and oxygen atoms in total. The number of urea groups is 1. The molecule has 144 valence electrons. The van der Waals surface area contributed by atoms with Crippen LogP contribution in [-0.4, -0.2) is 44.9 Å². The zero-order chi connectivity index (χ0) is 19.6. The molecule has 27 heavy (non-hydrogen) atoms. The first kappa shape index (κ1) is 17.6. The first-order valence-electron chi connectivity index (χ1n) is 8.32. The van der Waals surface area contributed by atoms with E-state index in [1.807, 2.05) is 0 Å². The minimum Gasteiger partial charge on any atom is -0.341 e. The third-order valence-electron chi connectivity index (χ3n) is 5.40. The van der Waals surface area contributed by atoms with E-state index < -0.39 is 34.8 Å². The lowest BCUT2D eigenvalue weighted by Crippen LogP contribution is -2.66. The van der Waals surface area contributed by atoms with Crippen LogP contribution in [-0.2, 0) is 11.0 Å². The first-order chi connectivity index (χ1) is 12.5. The molecule has 3 amide bonds. The Bertz CT molecular complexity index is 953. The second-order valence-corrected chi connectivity index (χ2v) is 7.50. The number of hydrogen-bond donors (Lipinski definition) is 2. The zero-order valence-electron chi connectivity index (χ0n) is 14.6. The summed E-state index contributed by atoms with van der Waals surface area (Å²) in [5.41, 5.74) is -2.58. The van der Waals surface area contributed by atoms with Crippen molar-refractivity contribution in [2.75, 3.05) is 18.0 Å². The molecule has 0 aliphatic carbocycles. The van der Waals surface area contributed by atoms with Gasteiger partial charge in [0.15, 0.2) is 5.69 Å². The van der Waals surface area contributed by atoms with Crippen LogP contribution in [0.3, 0.4) is 0 Å². The smallest absolute Gasteiger partial charge is 0.341 e. The molecule has 2 N–H and O–H groups in total. The van der Waals surface area contributed by atoms with E-state index in [1.165, 1.54) is 16.9 Å². The van der Waals surface area contributed by atoms with Crippen LogP contribution in [0.2, 0.25) is 0 Å². The van der Waals surface area contributed by atoms with E-state index in [1.54, 1.807) is 18.7 Å². The van der Waals surface area contributed by atoms with Gasteiger partial charge in [-0.2, -0.15) is 13.2 Å². The highest BCUT2D eigenvalue weighted by Gasteiger charge is 2.59. The molecule has 11 heteroatoms. The van der Waals surface area contributed by atoms with Gasteiger partial charge >= 0.3 is 12.2 Å². The Hall–Kier alpha value is -2.85. The predicted octanol–water partition coefficient (Wildman–Crippen LogP) is 1.56. The molecular formula is C16H17F3N6O2. The summed E-state index contributed by atoms with van der Waals surface area (Å²) in [6, 6.07) is 0.383. The van der Waals surface area contributed by atoms with Crippen molar-refractivity contribution >= 4 is 23.4 Å². The number of halogens is 3. The third kappa shape index (κ3) is 2.52. The van der Waals surface area contributed by atoms with E-state index in [-0.39, 0.29) is 31.0 Å². The van der Waals surface area contributed by atoms with Gasteiger partial charge in [0.2, 0.25) is 5.95 Å². The molecule has 0 aromatic carbocycles. The summed E-state index contributed by atoms with van der Waals surface area (Å²) >= 11 is 0. The number of fused-ring (bicyclic) bond motifs is 1. The van der Waals surface area contributed by atoms with Gasteiger partial charge in [0.1, 0.15) is 11.9 Å². The summed E-state index contributed by atoms with van der Waals surface area (Å²) in [7, 11) is 0. The molecule has 1 atom stereocenters. The fourth-order valence-electron chi connectivity index (χ4n) is 3.93. The molecule has 2 aliphatic heterocycles. The minimum atomic E-state index is -4.59. The van der Waals surface area contributed by atoms with Gasteiger partial charge in [-0.15, -0.1) is 0 Å². The summed E-state index contributed by atoms with van der Waals surface area (Å²) in [4.78, 5) is 33.5. The van der Waals surface area contributed by atoms with Crippen LogP contribution >= 0.6 is 0 Å². The van der Waals surface area contributed by atoms with Gasteiger partial charge < -0.3 is 10.2 Å². The summed E-state index contributed by atoms with van der Waals surface area (Å²) in [5, 5.41) is 4.96. The van der Waals surface area contributed by atoms with Crippen molar-refractivity contribution in [2.45, 2.75) is 32.0 Å².